The highest BCUT2D eigenvalue weighted by Crippen LogP contribution is 2.14. The molecular formula is C10H27N3O3Si. The maximum absolute atomic E-state index is 5.86. The van der Waals surface area contributed by atoms with Crippen LogP contribution in [0.4, 0.5) is 0 Å². The molecule has 17 heavy (non-hydrogen) atoms. The van der Waals surface area contributed by atoms with Crippen molar-refractivity contribution in [3.05, 3.63) is 0 Å². The van der Waals surface area contributed by atoms with Crippen molar-refractivity contribution in [2.24, 2.45) is 11.5 Å². The fourth-order valence-electron chi connectivity index (χ4n) is 1.59. The molecule has 0 aliphatic rings. The minimum Gasteiger partial charge on any atom is -0.377 e. The van der Waals surface area contributed by atoms with Gasteiger partial charge in [-0.2, -0.15) is 0 Å². The van der Waals surface area contributed by atoms with E-state index >= 15 is 0 Å². The van der Waals surface area contributed by atoms with Gasteiger partial charge < -0.3 is 30.1 Å². The molecule has 0 aromatic rings. The molecule has 0 spiro atoms. The minimum absolute atomic E-state index is 0.0160. The van der Waals surface area contributed by atoms with Crippen LogP contribution < -0.4 is 16.8 Å². The molecule has 0 amide bonds. The van der Waals surface area contributed by atoms with Gasteiger partial charge in [0.15, 0.2) is 0 Å². The molecule has 7 heteroatoms. The highest BCUT2D eigenvalue weighted by molar-refractivity contribution is 6.60. The van der Waals surface area contributed by atoms with Crippen molar-refractivity contribution in [1.82, 2.24) is 5.32 Å². The summed E-state index contributed by atoms with van der Waals surface area (Å²) in [6.45, 7) is 1.51. The summed E-state index contributed by atoms with van der Waals surface area (Å²) in [6, 6.07) is 0.785. The van der Waals surface area contributed by atoms with Gasteiger partial charge in [-0.3, -0.25) is 0 Å². The van der Waals surface area contributed by atoms with Crippen LogP contribution in [0.25, 0.3) is 0 Å². The molecule has 0 aromatic carbocycles. The standard InChI is InChI=1S/C10H27N3O3Si/c1-14-17(15-2,16-3)9-5-8-13-10(12)6-4-7-11/h10,13H,4-9,11-12H2,1-3H3. The quantitative estimate of drug-likeness (QED) is 0.274. The normalized spacial score (nSPS) is 13.9. The van der Waals surface area contributed by atoms with Crippen molar-refractivity contribution in [2.75, 3.05) is 34.4 Å². The Morgan fingerprint density at radius 3 is 2.18 bits per heavy atom. The van der Waals surface area contributed by atoms with Crippen LogP contribution in [-0.4, -0.2) is 49.4 Å². The predicted octanol–water partition coefficient (Wildman–Crippen LogP) is -0.132. The molecule has 0 heterocycles. The van der Waals surface area contributed by atoms with E-state index in [4.69, 9.17) is 24.7 Å². The summed E-state index contributed by atoms with van der Waals surface area (Å²) in [4.78, 5) is 0. The van der Waals surface area contributed by atoms with E-state index in [1.165, 1.54) is 0 Å². The van der Waals surface area contributed by atoms with Crippen LogP contribution in [0.3, 0.4) is 0 Å². The predicted molar refractivity (Wildman–Crippen MR) is 70.5 cm³/mol. The van der Waals surface area contributed by atoms with Crippen LogP contribution in [0.2, 0.25) is 6.04 Å². The van der Waals surface area contributed by atoms with Gasteiger partial charge >= 0.3 is 8.80 Å². The van der Waals surface area contributed by atoms with Crippen LogP contribution >= 0.6 is 0 Å². The third-order valence-electron chi connectivity index (χ3n) is 2.72. The first-order valence-electron chi connectivity index (χ1n) is 5.98. The first-order chi connectivity index (χ1) is 8.14. The molecule has 104 valence electrons. The molecule has 1 atom stereocenters. The first kappa shape index (κ1) is 17.0. The summed E-state index contributed by atoms with van der Waals surface area (Å²) in [5, 5.41) is 3.24. The van der Waals surface area contributed by atoms with Crippen molar-refractivity contribution in [3.8, 4) is 0 Å². The highest BCUT2D eigenvalue weighted by atomic mass is 28.4. The largest absolute Gasteiger partial charge is 0.500 e. The Labute approximate surface area is 105 Å². The SMILES string of the molecule is CO[Si](CCCNC(N)CCCN)(OC)OC. The van der Waals surface area contributed by atoms with E-state index < -0.39 is 8.80 Å². The van der Waals surface area contributed by atoms with Crippen molar-refractivity contribution in [3.63, 3.8) is 0 Å². The van der Waals surface area contributed by atoms with E-state index in [0.717, 1.165) is 31.9 Å². The summed E-state index contributed by atoms with van der Waals surface area (Å²) >= 11 is 0. The fourth-order valence-corrected chi connectivity index (χ4v) is 3.31. The van der Waals surface area contributed by atoms with E-state index in [9.17, 15) is 0 Å². The molecule has 0 rings (SSSR count). The average Bonchev–Trinajstić information content (AvgIpc) is 2.37. The van der Waals surface area contributed by atoms with Gasteiger partial charge in [0, 0.05) is 27.4 Å². The molecule has 0 fully saturated rings. The Morgan fingerprint density at radius 1 is 1.12 bits per heavy atom. The number of hydrogen-bond acceptors (Lipinski definition) is 6. The Bertz CT molecular complexity index is 174. The third kappa shape index (κ3) is 7.09. The van der Waals surface area contributed by atoms with Crippen LogP contribution in [0.15, 0.2) is 0 Å². The van der Waals surface area contributed by atoms with Gasteiger partial charge in [-0.15, -0.1) is 0 Å². The van der Waals surface area contributed by atoms with E-state index in [2.05, 4.69) is 5.32 Å². The fraction of sp³-hybridized carbons (Fsp3) is 1.00. The summed E-state index contributed by atoms with van der Waals surface area (Å²) < 4.78 is 16.0. The average molecular weight is 265 g/mol. The lowest BCUT2D eigenvalue weighted by molar-refractivity contribution is 0.123. The van der Waals surface area contributed by atoms with E-state index in [1.54, 1.807) is 21.3 Å². The lowest BCUT2D eigenvalue weighted by Gasteiger charge is -2.24. The molecule has 0 aromatic heterocycles. The zero-order valence-corrected chi connectivity index (χ0v) is 12.2. The Kier molecular flexibility index (Phi) is 9.94. The van der Waals surface area contributed by atoms with Gasteiger partial charge in [-0.1, -0.05) is 0 Å². The maximum Gasteiger partial charge on any atom is 0.500 e. The smallest absolute Gasteiger partial charge is 0.377 e. The first-order valence-corrected chi connectivity index (χ1v) is 7.91. The monoisotopic (exact) mass is 265 g/mol. The molecule has 1 unspecified atom stereocenters. The Balaban J connectivity index is 3.68. The van der Waals surface area contributed by atoms with Crippen LogP contribution in [0.1, 0.15) is 19.3 Å². The molecule has 0 bridgehead atoms. The molecule has 0 radical (unpaired) electrons. The van der Waals surface area contributed by atoms with Crippen LogP contribution in [0.5, 0.6) is 0 Å². The van der Waals surface area contributed by atoms with E-state index in [1.807, 2.05) is 0 Å². The Hall–Kier alpha value is -0.0231. The highest BCUT2D eigenvalue weighted by Gasteiger charge is 2.36. The summed E-state index contributed by atoms with van der Waals surface area (Å²) in [5.41, 5.74) is 11.3. The van der Waals surface area contributed by atoms with Gasteiger partial charge in [-0.05, 0) is 32.4 Å². The van der Waals surface area contributed by atoms with Crippen molar-refractivity contribution in [1.29, 1.82) is 0 Å². The molecule has 5 N–H and O–H groups in total. The van der Waals surface area contributed by atoms with Gasteiger partial charge in [0.25, 0.3) is 0 Å². The van der Waals surface area contributed by atoms with Crippen molar-refractivity contribution < 1.29 is 13.3 Å². The third-order valence-corrected chi connectivity index (χ3v) is 5.55. The van der Waals surface area contributed by atoms with Gasteiger partial charge in [-0.25, -0.2) is 0 Å². The zero-order valence-electron chi connectivity index (χ0n) is 11.2. The number of nitrogens with two attached hydrogens (primary N) is 2. The van der Waals surface area contributed by atoms with Crippen molar-refractivity contribution in [2.45, 2.75) is 31.5 Å². The zero-order chi connectivity index (χ0) is 13.1. The van der Waals surface area contributed by atoms with Crippen molar-refractivity contribution >= 4 is 8.80 Å². The number of hydrogen-bond donors (Lipinski definition) is 3. The maximum atomic E-state index is 5.86. The molecule has 0 aliphatic carbocycles. The van der Waals surface area contributed by atoms with Crippen LogP contribution in [0, 0.1) is 0 Å². The molecule has 0 saturated carbocycles. The molecule has 6 nitrogen and oxygen atoms in total. The number of nitrogens with one attached hydrogen (secondary N) is 1. The van der Waals surface area contributed by atoms with Gasteiger partial charge in [0.05, 0.1) is 6.17 Å². The van der Waals surface area contributed by atoms with Gasteiger partial charge in [0.1, 0.15) is 0 Å². The Morgan fingerprint density at radius 2 is 1.71 bits per heavy atom. The van der Waals surface area contributed by atoms with Gasteiger partial charge in [0.2, 0.25) is 0 Å². The second-order valence-electron chi connectivity index (χ2n) is 3.89. The van der Waals surface area contributed by atoms with Crippen LogP contribution in [-0.2, 0) is 13.3 Å². The minimum atomic E-state index is -2.42. The lowest BCUT2D eigenvalue weighted by atomic mass is 10.2. The van der Waals surface area contributed by atoms with E-state index in [-0.39, 0.29) is 6.17 Å². The topological polar surface area (TPSA) is 91.8 Å². The molecule has 0 saturated heterocycles. The summed E-state index contributed by atoms with van der Waals surface area (Å²) in [6.07, 6.45) is 2.78. The second kappa shape index (κ2) is 9.95. The lowest BCUT2D eigenvalue weighted by Crippen LogP contribution is -2.44. The van der Waals surface area contributed by atoms with E-state index in [0.29, 0.717) is 6.54 Å². The summed E-state index contributed by atoms with van der Waals surface area (Å²) in [5.74, 6) is 0. The number of rotatable bonds is 11. The summed E-state index contributed by atoms with van der Waals surface area (Å²) in [7, 11) is 2.46. The second-order valence-corrected chi connectivity index (χ2v) is 6.98. The molecule has 0 aliphatic heterocycles. The molecular weight excluding hydrogens is 238 g/mol.